The fourth-order valence-electron chi connectivity index (χ4n) is 3.68. The van der Waals surface area contributed by atoms with Gasteiger partial charge in [-0.15, -0.1) is 0 Å². The summed E-state index contributed by atoms with van der Waals surface area (Å²) < 4.78 is 26.9. The number of halogens is 1. The molecule has 1 aliphatic rings. The van der Waals surface area contributed by atoms with Gasteiger partial charge in [-0.1, -0.05) is 41.9 Å². The van der Waals surface area contributed by atoms with Crippen LogP contribution in [0, 0.1) is 0 Å². The first-order valence-electron chi connectivity index (χ1n) is 11.0. The van der Waals surface area contributed by atoms with Crippen molar-refractivity contribution in [1.29, 1.82) is 0 Å². The Morgan fingerprint density at radius 1 is 0.906 bits per heavy atom. The van der Waals surface area contributed by atoms with Gasteiger partial charge in [0.2, 0.25) is 15.9 Å². The Bertz CT molecular complexity index is 964. The topological polar surface area (TPSA) is 81.7 Å². The Labute approximate surface area is 195 Å². The van der Waals surface area contributed by atoms with Gasteiger partial charge in [0.25, 0.3) is 0 Å². The lowest BCUT2D eigenvalue weighted by molar-refractivity contribution is -0.120. The van der Waals surface area contributed by atoms with Crippen molar-refractivity contribution >= 4 is 33.2 Å². The minimum absolute atomic E-state index is 0.0201. The van der Waals surface area contributed by atoms with Gasteiger partial charge in [-0.05, 0) is 43.7 Å². The van der Waals surface area contributed by atoms with Crippen LogP contribution in [0.3, 0.4) is 0 Å². The molecule has 0 unspecified atom stereocenters. The van der Waals surface area contributed by atoms with Gasteiger partial charge in [-0.25, -0.2) is 13.1 Å². The average Bonchev–Trinajstić information content (AvgIpc) is 2.80. The van der Waals surface area contributed by atoms with Gasteiger partial charge >= 0.3 is 0 Å². The second-order valence-electron chi connectivity index (χ2n) is 7.80. The molecule has 1 saturated heterocycles. The van der Waals surface area contributed by atoms with E-state index in [1.54, 1.807) is 12.1 Å². The lowest BCUT2D eigenvalue weighted by atomic mass is 10.2. The molecule has 0 aliphatic carbocycles. The van der Waals surface area contributed by atoms with E-state index in [1.165, 1.54) is 17.8 Å². The SMILES string of the molecule is O=C(CCNS(=O)(=O)c1ccccc1Cl)NCCCCN1CCN(c2ccccc2)CC1. The number of carbonyl (C=O) groups is 1. The standard InChI is InChI=1S/C23H31ClN4O3S/c24-21-10-4-5-11-22(21)32(30,31)26-14-12-23(29)25-13-6-7-15-27-16-18-28(19-17-27)20-8-2-1-3-9-20/h1-5,8-11,26H,6-7,12-19H2,(H,25,29). The molecule has 9 heteroatoms. The molecular weight excluding hydrogens is 448 g/mol. The number of nitrogens with one attached hydrogen (secondary N) is 2. The predicted octanol–water partition coefficient (Wildman–Crippen LogP) is 2.73. The van der Waals surface area contributed by atoms with Crippen LogP contribution in [0.2, 0.25) is 5.02 Å². The van der Waals surface area contributed by atoms with Gasteiger partial charge in [-0.2, -0.15) is 0 Å². The minimum atomic E-state index is -3.72. The van der Waals surface area contributed by atoms with Crippen molar-refractivity contribution in [2.45, 2.75) is 24.2 Å². The largest absolute Gasteiger partial charge is 0.369 e. The number of unbranched alkanes of at least 4 members (excludes halogenated alkanes) is 1. The van der Waals surface area contributed by atoms with Crippen LogP contribution >= 0.6 is 11.6 Å². The highest BCUT2D eigenvalue weighted by Crippen LogP contribution is 2.20. The quantitative estimate of drug-likeness (QED) is 0.485. The molecule has 174 valence electrons. The van der Waals surface area contributed by atoms with Crippen LogP contribution in [-0.4, -0.2) is 65.0 Å². The van der Waals surface area contributed by atoms with Crippen molar-refractivity contribution < 1.29 is 13.2 Å². The van der Waals surface area contributed by atoms with E-state index in [2.05, 4.69) is 44.1 Å². The van der Waals surface area contributed by atoms with Crippen LogP contribution in [0.15, 0.2) is 59.5 Å². The van der Waals surface area contributed by atoms with Crippen molar-refractivity contribution in [1.82, 2.24) is 14.9 Å². The number of piperazine rings is 1. The number of para-hydroxylation sites is 1. The maximum absolute atomic E-state index is 12.3. The number of rotatable bonds is 11. The monoisotopic (exact) mass is 478 g/mol. The summed E-state index contributed by atoms with van der Waals surface area (Å²) >= 11 is 5.94. The Hall–Kier alpha value is -2.13. The zero-order valence-electron chi connectivity index (χ0n) is 18.2. The number of amides is 1. The fourth-order valence-corrected chi connectivity index (χ4v) is 5.23. The Morgan fingerprint density at radius 2 is 1.59 bits per heavy atom. The number of benzene rings is 2. The minimum Gasteiger partial charge on any atom is -0.369 e. The average molecular weight is 479 g/mol. The van der Waals surface area contributed by atoms with E-state index in [0.717, 1.165) is 45.6 Å². The van der Waals surface area contributed by atoms with E-state index in [9.17, 15) is 13.2 Å². The number of sulfonamides is 1. The smallest absolute Gasteiger partial charge is 0.242 e. The summed E-state index contributed by atoms with van der Waals surface area (Å²) in [6.45, 7) is 5.82. The molecule has 2 N–H and O–H groups in total. The molecule has 2 aromatic carbocycles. The molecular formula is C23H31ClN4O3S. The van der Waals surface area contributed by atoms with Gasteiger partial charge < -0.3 is 10.2 Å². The van der Waals surface area contributed by atoms with E-state index in [4.69, 9.17) is 11.6 Å². The normalized spacial score (nSPS) is 15.0. The zero-order valence-corrected chi connectivity index (χ0v) is 19.7. The summed E-state index contributed by atoms with van der Waals surface area (Å²) in [6.07, 6.45) is 2.01. The lowest BCUT2D eigenvalue weighted by Crippen LogP contribution is -2.46. The van der Waals surface area contributed by atoms with Gasteiger partial charge in [0, 0.05) is 51.4 Å². The first-order valence-corrected chi connectivity index (χ1v) is 12.8. The molecule has 0 bridgehead atoms. The lowest BCUT2D eigenvalue weighted by Gasteiger charge is -2.36. The maximum Gasteiger partial charge on any atom is 0.242 e. The number of carbonyl (C=O) groups excluding carboxylic acids is 1. The highest BCUT2D eigenvalue weighted by Gasteiger charge is 2.18. The number of nitrogens with zero attached hydrogens (tertiary/aromatic N) is 2. The first kappa shape index (κ1) is 24.5. The van der Waals surface area contributed by atoms with Crippen molar-refractivity contribution in [2.75, 3.05) is 50.7 Å². The van der Waals surface area contributed by atoms with Crippen LogP contribution in [0.4, 0.5) is 5.69 Å². The highest BCUT2D eigenvalue weighted by atomic mass is 35.5. The van der Waals surface area contributed by atoms with Gasteiger partial charge in [-0.3, -0.25) is 9.69 Å². The molecule has 7 nitrogen and oxygen atoms in total. The maximum atomic E-state index is 12.3. The molecule has 0 aromatic heterocycles. The van der Waals surface area contributed by atoms with Gasteiger partial charge in [0.15, 0.2) is 0 Å². The van der Waals surface area contributed by atoms with E-state index in [0.29, 0.717) is 6.54 Å². The number of hydrogen-bond donors (Lipinski definition) is 2. The molecule has 1 aliphatic heterocycles. The van der Waals surface area contributed by atoms with E-state index >= 15 is 0 Å². The number of hydrogen-bond acceptors (Lipinski definition) is 5. The first-order chi connectivity index (χ1) is 15.5. The van der Waals surface area contributed by atoms with Crippen molar-refractivity contribution in [2.24, 2.45) is 0 Å². The van der Waals surface area contributed by atoms with Crippen LogP contribution in [0.25, 0.3) is 0 Å². The molecule has 32 heavy (non-hydrogen) atoms. The summed E-state index contributed by atoms with van der Waals surface area (Å²) in [5, 5.41) is 3.02. The van der Waals surface area contributed by atoms with Gasteiger partial charge in [0.05, 0.1) is 5.02 Å². The molecule has 3 rings (SSSR count). The summed E-state index contributed by atoms with van der Waals surface area (Å²) in [5.41, 5.74) is 1.28. The molecule has 0 spiro atoms. The zero-order chi connectivity index (χ0) is 22.8. The molecule has 0 radical (unpaired) electrons. The molecule has 0 atom stereocenters. The van der Waals surface area contributed by atoms with Crippen molar-refractivity contribution in [3.05, 3.63) is 59.6 Å². The van der Waals surface area contributed by atoms with E-state index < -0.39 is 10.0 Å². The molecule has 1 fully saturated rings. The third kappa shape index (κ3) is 7.48. The second-order valence-corrected chi connectivity index (χ2v) is 9.94. The Morgan fingerprint density at radius 3 is 2.31 bits per heavy atom. The van der Waals surface area contributed by atoms with Crippen LogP contribution < -0.4 is 14.9 Å². The second kappa shape index (κ2) is 12.2. The van der Waals surface area contributed by atoms with Gasteiger partial charge in [0.1, 0.15) is 4.90 Å². The number of anilines is 1. The van der Waals surface area contributed by atoms with Crippen molar-refractivity contribution in [3.63, 3.8) is 0 Å². The van der Waals surface area contributed by atoms with Crippen LogP contribution in [-0.2, 0) is 14.8 Å². The Balaban J connectivity index is 1.24. The fraction of sp³-hybridized carbons (Fsp3) is 0.435. The summed E-state index contributed by atoms with van der Waals surface area (Å²) in [6, 6.07) is 16.7. The molecule has 1 heterocycles. The van der Waals surface area contributed by atoms with Crippen LogP contribution in [0.5, 0.6) is 0 Å². The molecule has 2 aromatic rings. The van der Waals surface area contributed by atoms with Crippen LogP contribution in [0.1, 0.15) is 19.3 Å². The Kier molecular flexibility index (Phi) is 9.35. The van der Waals surface area contributed by atoms with Crippen molar-refractivity contribution in [3.8, 4) is 0 Å². The summed E-state index contributed by atoms with van der Waals surface area (Å²) in [4.78, 5) is 16.9. The van der Waals surface area contributed by atoms with E-state index in [-0.39, 0.29) is 28.8 Å². The summed E-state index contributed by atoms with van der Waals surface area (Å²) in [5.74, 6) is -0.164. The summed E-state index contributed by atoms with van der Waals surface area (Å²) in [7, 11) is -3.72. The third-order valence-electron chi connectivity index (χ3n) is 5.49. The highest BCUT2D eigenvalue weighted by molar-refractivity contribution is 7.89. The molecule has 1 amide bonds. The van der Waals surface area contributed by atoms with E-state index in [1.807, 2.05) is 6.07 Å². The predicted molar refractivity (Wildman–Crippen MR) is 129 cm³/mol. The molecule has 0 saturated carbocycles. The third-order valence-corrected chi connectivity index (χ3v) is 7.45.